The highest BCUT2D eigenvalue weighted by Gasteiger charge is 2.19. The van der Waals surface area contributed by atoms with Gasteiger partial charge < -0.3 is 0 Å². The van der Waals surface area contributed by atoms with Crippen LogP contribution in [0.3, 0.4) is 0 Å². The van der Waals surface area contributed by atoms with Crippen molar-refractivity contribution in [1.82, 2.24) is 0 Å². The van der Waals surface area contributed by atoms with E-state index >= 15 is 0 Å². The van der Waals surface area contributed by atoms with Gasteiger partial charge in [-0.15, -0.1) is 0 Å². The van der Waals surface area contributed by atoms with Crippen LogP contribution in [0.4, 0.5) is 0 Å². The van der Waals surface area contributed by atoms with E-state index < -0.39 is 0 Å². The summed E-state index contributed by atoms with van der Waals surface area (Å²) in [7, 11) is 0. The molecule has 10 rings (SSSR count). The normalized spacial score (nSPS) is 11.9. The molecule has 0 aliphatic rings. The van der Waals surface area contributed by atoms with Gasteiger partial charge in [-0.3, -0.25) is 0 Å². The van der Waals surface area contributed by atoms with Gasteiger partial charge in [0, 0.05) is 0 Å². The molecule has 0 aromatic heterocycles. The Bertz CT molecular complexity index is 2800. The van der Waals surface area contributed by atoms with Crippen LogP contribution in [0.5, 0.6) is 0 Å². The molecule has 10 aromatic rings. The maximum absolute atomic E-state index is 2.40. The van der Waals surface area contributed by atoms with Crippen LogP contribution in [0.1, 0.15) is 0 Å². The fraction of sp³-hybridized carbons (Fsp3) is 0. The van der Waals surface area contributed by atoms with E-state index in [0.717, 1.165) is 0 Å². The average molecular weight is 581 g/mol. The number of hydrogen-bond donors (Lipinski definition) is 0. The molecule has 0 saturated heterocycles. The summed E-state index contributed by atoms with van der Waals surface area (Å²) in [6.07, 6.45) is 0. The second kappa shape index (κ2) is 9.76. The molecule has 10 aromatic carbocycles. The Hall–Kier alpha value is -5.98. The lowest BCUT2D eigenvalue weighted by atomic mass is 9.84. The molecule has 0 heterocycles. The maximum atomic E-state index is 2.40. The first-order chi connectivity index (χ1) is 22.8. The van der Waals surface area contributed by atoms with E-state index in [9.17, 15) is 0 Å². The minimum Gasteiger partial charge on any atom is -0.0616 e. The van der Waals surface area contributed by atoms with Crippen LogP contribution in [-0.4, -0.2) is 0 Å². The Balaban J connectivity index is 1.30. The van der Waals surface area contributed by atoms with E-state index in [1.165, 1.54) is 97.7 Å². The third-order valence-electron chi connectivity index (χ3n) is 9.98. The molecule has 212 valence electrons. The zero-order valence-corrected chi connectivity index (χ0v) is 25.2. The largest absolute Gasteiger partial charge is 0.0616 e. The third-order valence-corrected chi connectivity index (χ3v) is 9.98. The van der Waals surface area contributed by atoms with Crippen LogP contribution < -0.4 is 0 Å². The predicted octanol–water partition coefficient (Wildman–Crippen LogP) is 13.1. The van der Waals surface area contributed by atoms with Gasteiger partial charge in [0.05, 0.1) is 0 Å². The summed E-state index contributed by atoms with van der Waals surface area (Å²) in [6.45, 7) is 0. The molecule has 0 bridgehead atoms. The van der Waals surface area contributed by atoms with Gasteiger partial charge in [-0.1, -0.05) is 152 Å². The summed E-state index contributed by atoms with van der Waals surface area (Å²) < 4.78 is 0. The van der Waals surface area contributed by atoms with E-state index in [1.807, 2.05) is 0 Å². The van der Waals surface area contributed by atoms with Gasteiger partial charge in [0.1, 0.15) is 0 Å². The highest BCUT2D eigenvalue weighted by atomic mass is 14.2. The molecule has 46 heavy (non-hydrogen) atoms. The average Bonchev–Trinajstić information content (AvgIpc) is 3.12. The molecule has 0 saturated carbocycles. The van der Waals surface area contributed by atoms with Crippen LogP contribution in [0, 0.1) is 0 Å². The Kier molecular flexibility index (Phi) is 5.38. The summed E-state index contributed by atoms with van der Waals surface area (Å²) in [4.78, 5) is 0. The number of fused-ring (bicyclic) bond motifs is 9. The first kappa shape index (κ1) is 25.4. The van der Waals surface area contributed by atoms with E-state index in [-0.39, 0.29) is 0 Å². The summed E-state index contributed by atoms with van der Waals surface area (Å²) in [5.41, 5.74) is 5.11. The van der Waals surface area contributed by atoms with Crippen molar-refractivity contribution in [2.24, 2.45) is 0 Å². The first-order valence-electron chi connectivity index (χ1n) is 16.0. The minimum absolute atomic E-state index is 1.25. The minimum atomic E-state index is 1.25. The van der Waals surface area contributed by atoms with Crippen LogP contribution in [-0.2, 0) is 0 Å². The van der Waals surface area contributed by atoms with Crippen molar-refractivity contribution < 1.29 is 0 Å². The summed E-state index contributed by atoms with van der Waals surface area (Å²) in [5, 5.41) is 17.9. The summed E-state index contributed by atoms with van der Waals surface area (Å²) in [6, 6.07) is 62.9. The van der Waals surface area contributed by atoms with Gasteiger partial charge in [0.2, 0.25) is 0 Å². The summed E-state index contributed by atoms with van der Waals surface area (Å²) >= 11 is 0. The van der Waals surface area contributed by atoms with Crippen LogP contribution in [0.25, 0.3) is 97.7 Å². The quantitative estimate of drug-likeness (QED) is 0.141. The molecular weight excluding hydrogens is 553 g/mol. The molecule has 0 spiro atoms. The Morgan fingerprint density at radius 2 is 0.717 bits per heavy atom. The van der Waals surface area contributed by atoms with Crippen molar-refractivity contribution in [3.8, 4) is 22.3 Å². The van der Waals surface area contributed by atoms with Crippen molar-refractivity contribution in [2.75, 3.05) is 0 Å². The SMILES string of the molecule is c1ccc2cc3c(ccc4c(-c5c6ccccc6c(-c6ccc7ccc8ccccc8c7c6)c6ccccc56)cccc43)cc2c1. The van der Waals surface area contributed by atoms with Gasteiger partial charge in [-0.25, -0.2) is 0 Å². The maximum Gasteiger partial charge on any atom is -0.00201 e. The van der Waals surface area contributed by atoms with E-state index in [1.54, 1.807) is 0 Å². The zero-order chi connectivity index (χ0) is 30.2. The molecule has 0 aliphatic carbocycles. The van der Waals surface area contributed by atoms with Crippen LogP contribution in [0.15, 0.2) is 170 Å². The second-order valence-electron chi connectivity index (χ2n) is 12.5. The first-order valence-corrected chi connectivity index (χ1v) is 16.0. The van der Waals surface area contributed by atoms with Gasteiger partial charge in [0.15, 0.2) is 0 Å². The lowest BCUT2D eigenvalue weighted by Crippen LogP contribution is -1.92. The van der Waals surface area contributed by atoms with E-state index in [0.29, 0.717) is 0 Å². The highest BCUT2D eigenvalue weighted by molar-refractivity contribution is 6.25. The molecule has 0 heteroatoms. The number of hydrogen-bond acceptors (Lipinski definition) is 0. The van der Waals surface area contributed by atoms with Crippen molar-refractivity contribution in [2.45, 2.75) is 0 Å². The Morgan fingerprint density at radius 3 is 1.43 bits per heavy atom. The lowest BCUT2D eigenvalue weighted by molar-refractivity contribution is 1.69. The topological polar surface area (TPSA) is 0 Å². The zero-order valence-electron chi connectivity index (χ0n) is 25.2. The molecular formula is C46H28. The second-order valence-corrected chi connectivity index (χ2v) is 12.5. The number of benzene rings is 10. The molecule has 0 amide bonds. The van der Waals surface area contributed by atoms with Crippen molar-refractivity contribution in [3.05, 3.63) is 170 Å². The molecule has 0 N–H and O–H groups in total. The molecule has 0 nitrogen and oxygen atoms in total. The lowest BCUT2D eigenvalue weighted by Gasteiger charge is -2.19. The predicted molar refractivity (Wildman–Crippen MR) is 200 cm³/mol. The standard InChI is InChI=1S/C46H28/c1-2-12-32-27-44-33(26-31(32)11-1)24-25-37-36(44)18-9-19-38(37)46-41-16-7-5-14-39(41)45(40-15-6-8-17-42(40)46)34-23-22-30-21-20-29-10-3-4-13-35(29)43(30)28-34/h1-28H. The monoisotopic (exact) mass is 580 g/mol. The van der Waals surface area contributed by atoms with Crippen molar-refractivity contribution in [3.63, 3.8) is 0 Å². The fourth-order valence-electron chi connectivity index (χ4n) is 7.89. The smallest absolute Gasteiger partial charge is 0.00201 e. The molecule has 0 atom stereocenters. The Labute approximate surface area is 266 Å². The van der Waals surface area contributed by atoms with Crippen LogP contribution >= 0.6 is 0 Å². The third kappa shape index (κ3) is 3.68. The molecule has 0 radical (unpaired) electrons. The Morgan fingerprint density at radius 1 is 0.217 bits per heavy atom. The molecule has 0 fully saturated rings. The van der Waals surface area contributed by atoms with Gasteiger partial charge in [-0.05, 0) is 116 Å². The van der Waals surface area contributed by atoms with Gasteiger partial charge >= 0.3 is 0 Å². The molecule has 0 aliphatic heterocycles. The van der Waals surface area contributed by atoms with Gasteiger partial charge in [0.25, 0.3) is 0 Å². The summed E-state index contributed by atoms with van der Waals surface area (Å²) in [5.74, 6) is 0. The van der Waals surface area contributed by atoms with Gasteiger partial charge in [-0.2, -0.15) is 0 Å². The fourth-order valence-corrected chi connectivity index (χ4v) is 7.89. The van der Waals surface area contributed by atoms with Crippen LogP contribution in [0.2, 0.25) is 0 Å². The van der Waals surface area contributed by atoms with Crippen molar-refractivity contribution >= 4 is 75.4 Å². The van der Waals surface area contributed by atoms with E-state index in [4.69, 9.17) is 0 Å². The molecule has 0 unspecified atom stereocenters. The van der Waals surface area contributed by atoms with Crippen molar-refractivity contribution in [1.29, 1.82) is 0 Å². The van der Waals surface area contributed by atoms with E-state index in [2.05, 4.69) is 170 Å². The number of rotatable bonds is 2. The highest BCUT2D eigenvalue weighted by Crippen LogP contribution is 2.46.